The van der Waals surface area contributed by atoms with Crippen molar-refractivity contribution < 1.29 is 17.7 Å². The molecule has 0 unspecified atom stereocenters. The lowest BCUT2D eigenvalue weighted by Crippen LogP contribution is -1.99. The van der Waals surface area contributed by atoms with Crippen molar-refractivity contribution in [2.45, 2.75) is 0 Å². The van der Waals surface area contributed by atoms with Crippen LogP contribution in [0.15, 0.2) is 309 Å². The van der Waals surface area contributed by atoms with E-state index in [0.717, 1.165) is 87.8 Å². The van der Waals surface area contributed by atoms with Gasteiger partial charge in [0.05, 0.1) is 0 Å². The standard InChI is InChI=1S/2C48H24O2S2/c1-5-13-35-33(11-1)41-37(49-35)23-21-27-28-22-24-38-42(34-12-2-6-14-36(34)50-38)44(28)46-30(18-20-32-26-10-4-8-16-40(26)52-48(32)46)29-17-19-31-25-9-3-7-15-39(25)51-47(31)45(29)43(27)41;1-5-13-33-29(9-1)41-35(49-33)21-17-25-26-18-22-36-42(30-10-2-6-14-34(30)50-36)46(26)48-28(20-24-40-44(48)32-12-4-8-16-38(32)52-40)27-19-23-39-43(47(27)45(25)41)31-11-3-7-15-37(31)51-39/h2*1-24H. The van der Waals surface area contributed by atoms with E-state index in [9.17, 15) is 0 Å². The Morgan fingerprint density at radius 2 is 0.385 bits per heavy atom. The zero-order valence-corrected chi connectivity index (χ0v) is 58.2. The summed E-state index contributed by atoms with van der Waals surface area (Å²) in [7, 11) is 0. The molecule has 0 saturated heterocycles. The topological polar surface area (TPSA) is 52.6 Å². The molecule has 26 rings (SSSR count). The lowest BCUT2D eigenvalue weighted by Gasteiger charge is -2.26. The smallest absolute Gasteiger partial charge is 0.136 e. The number of rotatable bonds is 0. The van der Waals surface area contributed by atoms with Gasteiger partial charge in [0.1, 0.15) is 44.7 Å². The Hall–Kier alpha value is -12.4. The summed E-state index contributed by atoms with van der Waals surface area (Å²) < 4.78 is 36.9. The molecule has 2 aliphatic rings. The predicted molar refractivity (Wildman–Crippen MR) is 444 cm³/mol. The molecule has 0 fully saturated rings. The van der Waals surface area contributed by atoms with Crippen molar-refractivity contribution in [3.8, 4) is 89.0 Å². The van der Waals surface area contributed by atoms with Gasteiger partial charge in [0.2, 0.25) is 0 Å². The normalized spacial score (nSPS) is 12.6. The fraction of sp³-hybridized carbons (Fsp3) is 0. The first kappa shape index (κ1) is 56.3. The maximum absolute atomic E-state index is 6.64. The predicted octanol–water partition coefficient (Wildman–Crippen LogP) is 30.4. The summed E-state index contributed by atoms with van der Waals surface area (Å²) in [4.78, 5) is 0. The highest BCUT2D eigenvalue weighted by Gasteiger charge is 2.35. The van der Waals surface area contributed by atoms with Crippen LogP contribution in [0.25, 0.3) is 257 Å². The van der Waals surface area contributed by atoms with Gasteiger partial charge in [-0.25, -0.2) is 0 Å². The maximum atomic E-state index is 6.64. The van der Waals surface area contributed by atoms with Crippen molar-refractivity contribution >= 4 is 214 Å². The van der Waals surface area contributed by atoms with Gasteiger partial charge in [-0.1, -0.05) is 182 Å². The van der Waals surface area contributed by atoms with Crippen LogP contribution in [0.3, 0.4) is 0 Å². The van der Waals surface area contributed by atoms with Crippen molar-refractivity contribution in [2.24, 2.45) is 0 Å². The number of hydrogen-bond donors (Lipinski definition) is 0. The van der Waals surface area contributed by atoms with Gasteiger partial charge in [0, 0.05) is 168 Å². The van der Waals surface area contributed by atoms with Gasteiger partial charge >= 0.3 is 0 Å². The van der Waals surface area contributed by atoms with Gasteiger partial charge < -0.3 is 17.7 Å². The van der Waals surface area contributed by atoms with E-state index >= 15 is 0 Å². The lowest BCUT2D eigenvalue weighted by atomic mass is 9.76. The Morgan fingerprint density at radius 1 is 0.144 bits per heavy atom. The quantitative estimate of drug-likeness (QED) is 0.152. The van der Waals surface area contributed by atoms with Crippen LogP contribution >= 0.6 is 45.3 Å². The molecule has 8 heterocycles. The van der Waals surface area contributed by atoms with E-state index in [1.807, 2.05) is 45.3 Å². The Labute approximate surface area is 606 Å². The molecule has 0 amide bonds. The molecule has 0 saturated carbocycles. The van der Waals surface area contributed by atoms with E-state index in [4.69, 9.17) is 17.7 Å². The molecule has 0 aliphatic heterocycles. The second-order valence-corrected chi connectivity index (χ2v) is 32.0. The van der Waals surface area contributed by atoms with Crippen LogP contribution in [0.1, 0.15) is 0 Å². The molecule has 8 heteroatoms. The molecule has 104 heavy (non-hydrogen) atoms. The number of fused-ring (bicyclic) bond motifs is 48. The molecule has 0 bridgehead atoms. The molecule has 16 aromatic carbocycles. The number of furan rings is 4. The average Bonchev–Trinajstić information content (AvgIpc) is 1.40. The summed E-state index contributed by atoms with van der Waals surface area (Å²) in [5.74, 6) is 0. The first-order valence-corrected chi connectivity index (χ1v) is 38.4. The molecular weight excluding hydrogens is 1350 g/mol. The third kappa shape index (κ3) is 7.43. The highest BCUT2D eigenvalue weighted by atomic mass is 32.1. The second-order valence-electron chi connectivity index (χ2n) is 27.7. The van der Waals surface area contributed by atoms with E-state index in [-0.39, 0.29) is 0 Å². The number of benzene rings is 16. The first-order valence-electron chi connectivity index (χ1n) is 35.2. The molecule has 8 aromatic heterocycles. The Kier molecular flexibility index (Phi) is 11.2. The average molecular weight is 1390 g/mol. The van der Waals surface area contributed by atoms with Gasteiger partial charge in [-0.2, -0.15) is 0 Å². The monoisotopic (exact) mass is 1390 g/mol. The number of thiophene rings is 4. The van der Waals surface area contributed by atoms with Crippen molar-refractivity contribution in [3.63, 3.8) is 0 Å². The fourth-order valence-electron chi connectivity index (χ4n) is 18.3. The van der Waals surface area contributed by atoms with Crippen LogP contribution in [0.5, 0.6) is 0 Å². The highest BCUT2D eigenvalue weighted by Crippen LogP contribution is 2.62. The Bertz CT molecular complexity index is 7300. The number of hydrogen-bond acceptors (Lipinski definition) is 8. The minimum absolute atomic E-state index is 0.902. The third-order valence-electron chi connectivity index (χ3n) is 22.5. The summed E-state index contributed by atoms with van der Waals surface area (Å²) in [6.07, 6.45) is 0. The molecule has 2 aliphatic carbocycles. The van der Waals surface area contributed by atoms with Crippen LogP contribution < -0.4 is 0 Å². The van der Waals surface area contributed by atoms with Crippen molar-refractivity contribution in [1.82, 2.24) is 0 Å². The van der Waals surface area contributed by atoms with Gasteiger partial charge in [-0.15, -0.1) is 45.3 Å². The third-order valence-corrected chi connectivity index (χ3v) is 27.2. The first-order chi connectivity index (χ1) is 51.6. The summed E-state index contributed by atoms with van der Waals surface area (Å²) in [5, 5.41) is 19.5. The molecule has 0 radical (unpaired) electrons. The maximum Gasteiger partial charge on any atom is 0.136 e. The van der Waals surface area contributed by atoms with Crippen LogP contribution in [0.4, 0.5) is 0 Å². The molecule has 0 spiro atoms. The van der Waals surface area contributed by atoms with Gasteiger partial charge in [0.25, 0.3) is 0 Å². The molecule has 0 N–H and O–H groups in total. The van der Waals surface area contributed by atoms with Crippen LogP contribution in [-0.2, 0) is 0 Å². The lowest BCUT2D eigenvalue weighted by molar-refractivity contribution is 0.668. The van der Waals surface area contributed by atoms with Crippen LogP contribution in [-0.4, -0.2) is 0 Å². The summed E-state index contributed by atoms with van der Waals surface area (Å²) in [5.41, 5.74) is 27.0. The van der Waals surface area contributed by atoms with Gasteiger partial charge in [-0.3, -0.25) is 0 Å². The van der Waals surface area contributed by atoms with Gasteiger partial charge in [0.15, 0.2) is 0 Å². The molecule has 24 aromatic rings. The van der Waals surface area contributed by atoms with E-state index in [2.05, 4.69) is 291 Å². The Morgan fingerprint density at radius 3 is 0.721 bits per heavy atom. The highest BCUT2D eigenvalue weighted by molar-refractivity contribution is 7.27. The van der Waals surface area contributed by atoms with Crippen LogP contribution in [0, 0.1) is 0 Å². The Balaban J connectivity index is 0.000000121. The van der Waals surface area contributed by atoms with Gasteiger partial charge in [-0.05, 0) is 154 Å². The second kappa shape index (κ2) is 20.7. The molecule has 480 valence electrons. The minimum atomic E-state index is 0.902. The summed E-state index contributed by atoms with van der Waals surface area (Å²) in [6.45, 7) is 0. The van der Waals surface area contributed by atoms with Crippen molar-refractivity contribution in [2.75, 3.05) is 0 Å². The largest absolute Gasteiger partial charge is 0.456 e. The zero-order chi connectivity index (χ0) is 67.3. The fourth-order valence-corrected chi connectivity index (χ4v) is 23.1. The summed E-state index contributed by atoms with van der Waals surface area (Å²) in [6, 6.07) is 106. The summed E-state index contributed by atoms with van der Waals surface area (Å²) >= 11 is 7.55. The van der Waals surface area contributed by atoms with Crippen molar-refractivity contribution in [1.29, 1.82) is 0 Å². The molecule has 0 atom stereocenters. The molecular formula is C96H48O4S4. The van der Waals surface area contributed by atoms with E-state index in [1.54, 1.807) is 0 Å². The van der Waals surface area contributed by atoms with Crippen molar-refractivity contribution in [3.05, 3.63) is 291 Å². The van der Waals surface area contributed by atoms with Crippen LogP contribution in [0.2, 0.25) is 0 Å². The minimum Gasteiger partial charge on any atom is -0.456 e. The van der Waals surface area contributed by atoms with E-state index in [0.29, 0.717) is 0 Å². The molecule has 4 nitrogen and oxygen atoms in total. The zero-order valence-electron chi connectivity index (χ0n) is 55.0. The number of para-hydroxylation sites is 4. The van der Waals surface area contributed by atoms with E-state index in [1.165, 1.54) is 170 Å². The van der Waals surface area contributed by atoms with E-state index < -0.39 is 0 Å². The SMILES string of the molecule is c1ccc2c(c1)oc1ccc3c(c12)-c1c(ccc2c1sc1ccccc12)-c1ccc2c(sc4ccccc42)c1-c1c-3ccc2oc3ccccc3c12.c1ccc2c(c1)oc1ccc3c(c12)-c1c(ccc2sc4ccccc4c12)-c1ccc2sc4ccccc4c2c1-c1c-3ccc2oc3ccccc3c12.